The van der Waals surface area contributed by atoms with Gasteiger partial charge in [0.15, 0.2) is 0 Å². The second-order valence-corrected chi connectivity index (χ2v) is 6.53. The average molecular weight is 376 g/mol. The molecule has 1 aromatic heterocycles. The van der Waals surface area contributed by atoms with E-state index in [1.54, 1.807) is 11.3 Å². The van der Waals surface area contributed by atoms with Crippen LogP contribution in [0.5, 0.6) is 0 Å². The van der Waals surface area contributed by atoms with Crippen molar-refractivity contribution < 1.29 is 4.79 Å². The zero-order valence-corrected chi connectivity index (χ0v) is 15.4. The summed E-state index contributed by atoms with van der Waals surface area (Å²) >= 11 is 1.62. The number of aromatic nitrogens is 1. The minimum absolute atomic E-state index is 0. The van der Waals surface area contributed by atoms with E-state index in [0.717, 1.165) is 41.6 Å². The molecular formula is C16H23Cl2N3OS. The van der Waals surface area contributed by atoms with Crippen LogP contribution in [-0.2, 0) is 11.2 Å². The summed E-state index contributed by atoms with van der Waals surface area (Å²) in [5.41, 5.74) is 9.61. The predicted molar refractivity (Wildman–Crippen MR) is 101 cm³/mol. The third-order valence-electron chi connectivity index (χ3n) is 4.20. The number of piperidine rings is 1. The topological polar surface area (TPSA) is 59.2 Å². The van der Waals surface area contributed by atoms with Gasteiger partial charge in [0.1, 0.15) is 0 Å². The fourth-order valence-corrected chi connectivity index (χ4v) is 3.85. The molecule has 0 unspecified atom stereocenters. The Balaban J connectivity index is 0.00000132. The third-order valence-corrected chi connectivity index (χ3v) is 4.99. The Kier molecular flexibility index (Phi) is 8.26. The summed E-state index contributed by atoms with van der Waals surface area (Å²) in [6.07, 6.45) is 4.81. The van der Waals surface area contributed by atoms with Crippen LogP contribution in [0.3, 0.4) is 0 Å². The van der Waals surface area contributed by atoms with Gasteiger partial charge in [-0.1, -0.05) is 6.07 Å². The van der Waals surface area contributed by atoms with E-state index in [9.17, 15) is 4.79 Å². The minimum Gasteiger partial charge on any atom is -0.339 e. The zero-order chi connectivity index (χ0) is 14.7. The lowest BCUT2D eigenvalue weighted by molar-refractivity contribution is -0.134. The van der Waals surface area contributed by atoms with Gasteiger partial charge in [-0.2, -0.15) is 0 Å². The van der Waals surface area contributed by atoms with Gasteiger partial charge in [0, 0.05) is 12.6 Å². The fraction of sp³-hybridized carbons (Fsp3) is 0.500. The highest BCUT2D eigenvalue weighted by molar-refractivity contribution is 7.16. The molecule has 7 heteroatoms. The molecule has 4 nitrogen and oxygen atoms in total. The van der Waals surface area contributed by atoms with Gasteiger partial charge in [-0.05, 0) is 49.9 Å². The van der Waals surface area contributed by atoms with Crippen molar-refractivity contribution in [2.75, 3.05) is 13.1 Å². The van der Waals surface area contributed by atoms with Gasteiger partial charge in [-0.25, -0.2) is 4.98 Å². The van der Waals surface area contributed by atoms with E-state index in [4.69, 9.17) is 5.73 Å². The van der Waals surface area contributed by atoms with Gasteiger partial charge in [-0.3, -0.25) is 4.79 Å². The summed E-state index contributed by atoms with van der Waals surface area (Å²) in [6.45, 7) is 1.54. The molecule has 1 amide bonds. The van der Waals surface area contributed by atoms with Crippen molar-refractivity contribution in [3.05, 3.63) is 29.3 Å². The van der Waals surface area contributed by atoms with Crippen LogP contribution in [-0.4, -0.2) is 34.9 Å². The standard InChI is InChI=1S/C16H21N3OS.2ClH/c17-7-6-13-3-1-2-8-19(13)16(20)10-12-4-5-14-15(9-12)21-11-18-14;;/h4-5,9,11,13H,1-3,6-8,10,17H2;2*1H/t13-;;/m1../s1. The van der Waals surface area contributed by atoms with Gasteiger partial charge in [0.05, 0.1) is 22.1 Å². The molecule has 1 atom stereocenters. The average Bonchev–Trinajstić information content (AvgIpc) is 2.95. The van der Waals surface area contributed by atoms with Crippen LogP contribution in [0.2, 0.25) is 0 Å². The number of rotatable bonds is 4. The first-order valence-corrected chi connectivity index (χ1v) is 8.47. The highest BCUT2D eigenvalue weighted by Gasteiger charge is 2.25. The summed E-state index contributed by atoms with van der Waals surface area (Å²) in [7, 11) is 0. The summed E-state index contributed by atoms with van der Waals surface area (Å²) in [4.78, 5) is 18.9. The number of carbonyl (C=O) groups excluding carboxylic acids is 1. The number of fused-ring (bicyclic) bond motifs is 1. The molecule has 2 N–H and O–H groups in total. The number of likely N-dealkylation sites (tertiary alicyclic amines) is 1. The maximum atomic E-state index is 12.6. The molecule has 23 heavy (non-hydrogen) atoms. The summed E-state index contributed by atoms with van der Waals surface area (Å²) in [5, 5.41) is 0. The SMILES string of the molecule is Cl.Cl.NCC[C@H]1CCCCN1C(=O)Cc1ccc2ncsc2c1. The van der Waals surface area contributed by atoms with Crippen molar-refractivity contribution in [1.82, 2.24) is 9.88 Å². The van der Waals surface area contributed by atoms with Crippen LogP contribution in [0.1, 0.15) is 31.2 Å². The second-order valence-electron chi connectivity index (χ2n) is 5.65. The number of hydrogen-bond donors (Lipinski definition) is 1. The normalized spacial score (nSPS) is 17.4. The van der Waals surface area contributed by atoms with Crippen LogP contribution >= 0.6 is 36.2 Å². The van der Waals surface area contributed by atoms with E-state index >= 15 is 0 Å². The van der Waals surface area contributed by atoms with E-state index in [-0.39, 0.29) is 30.7 Å². The summed E-state index contributed by atoms with van der Waals surface area (Å²) in [6, 6.07) is 6.44. The smallest absolute Gasteiger partial charge is 0.227 e. The van der Waals surface area contributed by atoms with Crippen LogP contribution < -0.4 is 5.73 Å². The lowest BCUT2D eigenvalue weighted by atomic mass is 9.98. The van der Waals surface area contributed by atoms with Crippen molar-refractivity contribution in [2.24, 2.45) is 5.73 Å². The molecule has 1 saturated heterocycles. The highest BCUT2D eigenvalue weighted by atomic mass is 35.5. The van der Waals surface area contributed by atoms with Gasteiger partial charge >= 0.3 is 0 Å². The monoisotopic (exact) mass is 375 g/mol. The molecule has 1 fully saturated rings. The molecule has 3 rings (SSSR count). The van der Waals surface area contributed by atoms with Gasteiger partial charge < -0.3 is 10.6 Å². The van der Waals surface area contributed by atoms with Crippen molar-refractivity contribution in [1.29, 1.82) is 0 Å². The van der Waals surface area contributed by atoms with E-state index < -0.39 is 0 Å². The first kappa shape index (κ1) is 20.2. The number of nitrogens with two attached hydrogens (primary N) is 1. The van der Waals surface area contributed by atoms with Crippen molar-refractivity contribution >= 4 is 52.3 Å². The number of nitrogens with zero attached hydrogens (tertiary/aromatic N) is 2. The Hall–Kier alpha value is -0.880. The maximum Gasteiger partial charge on any atom is 0.227 e. The van der Waals surface area contributed by atoms with Crippen molar-refractivity contribution in [2.45, 2.75) is 38.1 Å². The Morgan fingerprint density at radius 2 is 2.17 bits per heavy atom. The molecule has 0 aliphatic carbocycles. The lowest BCUT2D eigenvalue weighted by Gasteiger charge is -2.35. The predicted octanol–water partition coefficient (Wildman–Crippen LogP) is 3.41. The first-order valence-electron chi connectivity index (χ1n) is 7.59. The molecule has 1 aliphatic heterocycles. The Morgan fingerprint density at radius 1 is 1.35 bits per heavy atom. The molecule has 2 aromatic rings. The number of thiazole rings is 1. The van der Waals surface area contributed by atoms with Crippen molar-refractivity contribution in [3.63, 3.8) is 0 Å². The van der Waals surface area contributed by atoms with Crippen molar-refractivity contribution in [3.8, 4) is 0 Å². The molecule has 1 aromatic carbocycles. The van der Waals surface area contributed by atoms with Crippen LogP contribution in [0.4, 0.5) is 0 Å². The minimum atomic E-state index is 0. The Labute approximate surface area is 153 Å². The lowest BCUT2D eigenvalue weighted by Crippen LogP contribution is -2.45. The van der Waals surface area contributed by atoms with Gasteiger partial charge in [0.25, 0.3) is 0 Å². The third kappa shape index (κ3) is 4.80. The summed E-state index contributed by atoms with van der Waals surface area (Å²) in [5.74, 6) is 0.233. The molecule has 128 valence electrons. The molecule has 0 bridgehead atoms. The van der Waals surface area contributed by atoms with E-state index in [1.807, 2.05) is 22.5 Å². The molecular weight excluding hydrogens is 353 g/mol. The number of benzene rings is 1. The summed E-state index contributed by atoms with van der Waals surface area (Å²) < 4.78 is 1.15. The second kappa shape index (κ2) is 9.42. The molecule has 1 aliphatic rings. The van der Waals surface area contributed by atoms with Crippen LogP contribution in [0.25, 0.3) is 10.2 Å². The van der Waals surface area contributed by atoms with E-state index in [2.05, 4.69) is 11.1 Å². The van der Waals surface area contributed by atoms with Gasteiger partial charge in [-0.15, -0.1) is 36.2 Å². The quantitative estimate of drug-likeness (QED) is 0.890. The fourth-order valence-electron chi connectivity index (χ4n) is 3.11. The zero-order valence-electron chi connectivity index (χ0n) is 12.9. The van der Waals surface area contributed by atoms with E-state index in [1.165, 1.54) is 6.42 Å². The molecule has 2 heterocycles. The Bertz CT molecular complexity index is 633. The maximum absolute atomic E-state index is 12.6. The Morgan fingerprint density at radius 3 is 2.96 bits per heavy atom. The number of amides is 1. The number of halogens is 2. The first-order chi connectivity index (χ1) is 10.3. The number of hydrogen-bond acceptors (Lipinski definition) is 4. The highest BCUT2D eigenvalue weighted by Crippen LogP contribution is 2.22. The largest absolute Gasteiger partial charge is 0.339 e. The van der Waals surface area contributed by atoms with Crippen LogP contribution in [0.15, 0.2) is 23.7 Å². The molecule has 0 radical (unpaired) electrons. The molecule has 0 saturated carbocycles. The molecule has 0 spiro atoms. The van der Waals surface area contributed by atoms with Crippen LogP contribution in [0, 0.1) is 0 Å². The van der Waals surface area contributed by atoms with Gasteiger partial charge in [0.2, 0.25) is 5.91 Å². The number of carbonyl (C=O) groups is 1. The van der Waals surface area contributed by atoms with E-state index in [0.29, 0.717) is 19.0 Å².